The fourth-order valence-corrected chi connectivity index (χ4v) is 4.96. The van der Waals surface area contributed by atoms with E-state index >= 15 is 0 Å². The number of aromatic amines is 1. The standard InChI is InChI=1S/C29H27FN4O2S/c1-16(17-6-5-7-20(30)12-17)32-26(35)22-15-31-23-10-8-18(13-21(22)23)19-9-11-24-25(14-19)37-28(33-24)34-27(36)29(2,3)4/h5-16,31H,1-4H3,(H,32,35)(H,33,34,36). The van der Waals surface area contributed by atoms with Crippen LogP contribution in [-0.2, 0) is 4.79 Å². The third-order valence-electron chi connectivity index (χ3n) is 6.25. The molecule has 0 fully saturated rings. The van der Waals surface area contributed by atoms with E-state index in [9.17, 15) is 14.0 Å². The Morgan fingerprint density at radius 1 is 1.03 bits per heavy atom. The third-order valence-corrected chi connectivity index (χ3v) is 7.18. The molecular weight excluding hydrogens is 487 g/mol. The topological polar surface area (TPSA) is 86.9 Å². The van der Waals surface area contributed by atoms with Gasteiger partial charge in [-0.05, 0) is 60.0 Å². The number of amides is 2. The summed E-state index contributed by atoms with van der Waals surface area (Å²) in [6, 6.07) is 17.8. The summed E-state index contributed by atoms with van der Waals surface area (Å²) in [5, 5.41) is 7.23. The van der Waals surface area contributed by atoms with E-state index < -0.39 is 5.41 Å². The molecule has 188 valence electrons. The summed E-state index contributed by atoms with van der Waals surface area (Å²) < 4.78 is 14.6. The van der Waals surface area contributed by atoms with Crippen molar-refractivity contribution in [2.45, 2.75) is 33.7 Å². The summed E-state index contributed by atoms with van der Waals surface area (Å²) in [6.45, 7) is 7.42. The average Bonchev–Trinajstić information content (AvgIpc) is 3.46. The lowest BCUT2D eigenvalue weighted by molar-refractivity contribution is -0.123. The molecule has 0 saturated heterocycles. The van der Waals surface area contributed by atoms with Gasteiger partial charge in [0, 0.05) is 22.5 Å². The van der Waals surface area contributed by atoms with Crippen molar-refractivity contribution in [3.05, 3.63) is 83.8 Å². The summed E-state index contributed by atoms with van der Waals surface area (Å²) in [5.41, 5.74) is 4.30. The van der Waals surface area contributed by atoms with Gasteiger partial charge in [-0.1, -0.05) is 56.4 Å². The molecule has 2 aromatic heterocycles. The molecule has 0 aliphatic rings. The molecule has 6 nitrogen and oxygen atoms in total. The normalized spacial score (nSPS) is 12.6. The van der Waals surface area contributed by atoms with E-state index in [1.54, 1.807) is 18.3 Å². The van der Waals surface area contributed by atoms with Crippen molar-refractivity contribution in [1.82, 2.24) is 15.3 Å². The minimum Gasteiger partial charge on any atom is -0.360 e. The zero-order valence-electron chi connectivity index (χ0n) is 21.0. The van der Waals surface area contributed by atoms with E-state index in [0.717, 1.165) is 32.2 Å². The van der Waals surface area contributed by atoms with Gasteiger partial charge in [-0.2, -0.15) is 0 Å². The van der Waals surface area contributed by atoms with Crippen molar-refractivity contribution in [3.8, 4) is 11.1 Å². The van der Waals surface area contributed by atoms with Gasteiger partial charge in [-0.15, -0.1) is 0 Å². The number of rotatable bonds is 5. The lowest BCUT2D eigenvalue weighted by Crippen LogP contribution is -2.27. The Kier molecular flexibility index (Phi) is 6.29. The van der Waals surface area contributed by atoms with Crippen molar-refractivity contribution in [3.63, 3.8) is 0 Å². The summed E-state index contributed by atoms with van der Waals surface area (Å²) in [4.78, 5) is 33.2. The van der Waals surface area contributed by atoms with Gasteiger partial charge in [0.1, 0.15) is 5.82 Å². The Balaban J connectivity index is 1.41. The molecule has 3 N–H and O–H groups in total. The molecule has 37 heavy (non-hydrogen) atoms. The maximum absolute atomic E-state index is 13.6. The van der Waals surface area contributed by atoms with Crippen LogP contribution in [0.4, 0.5) is 9.52 Å². The quantitative estimate of drug-likeness (QED) is 0.235. The van der Waals surface area contributed by atoms with E-state index in [2.05, 4.69) is 20.6 Å². The number of hydrogen-bond acceptors (Lipinski definition) is 4. The van der Waals surface area contributed by atoms with Crippen LogP contribution >= 0.6 is 11.3 Å². The number of nitrogens with one attached hydrogen (secondary N) is 3. The number of thiazole rings is 1. The molecule has 8 heteroatoms. The zero-order chi connectivity index (χ0) is 26.3. The van der Waals surface area contributed by atoms with E-state index in [1.165, 1.54) is 23.5 Å². The molecule has 1 atom stereocenters. The maximum atomic E-state index is 13.6. The second-order valence-corrected chi connectivity index (χ2v) is 11.1. The molecule has 5 rings (SSSR count). The van der Waals surface area contributed by atoms with Crippen LogP contribution in [0.25, 0.3) is 32.2 Å². The summed E-state index contributed by atoms with van der Waals surface area (Å²) >= 11 is 1.43. The molecule has 0 radical (unpaired) electrons. The maximum Gasteiger partial charge on any atom is 0.253 e. The molecule has 2 amide bonds. The number of fused-ring (bicyclic) bond motifs is 2. The van der Waals surface area contributed by atoms with Gasteiger partial charge < -0.3 is 15.6 Å². The zero-order valence-corrected chi connectivity index (χ0v) is 21.8. The van der Waals surface area contributed by atoms with Gasteiger partial charge in [0.15, 0.2) is 5.13 Å². The van der Waals surface area contributed by atoms with Crippen LogP contribution in [0.5, 0.6) is 0 Å². The number of benzene rings is 3. The Morgan fingerprint density at radius 2 is 1.78 bits per heavy atom. The van der Waals surface area contributed by atoms with E-state index in [-0.39, 0.29) is 23.7 Å². The van der Waals surface area contributed by atoms with Crippen LogP contribution in [0.2, 0.25) is 0 Å². The first-order chi connectivity index (χ1) is 17.6. The largest absolute Gasteiger partial charge is 0.360 e. The van der Waals surface area contributed by atoms with Crippen LogP contribution in [0.1, 0.15) is 49.7 Å². The molecule has 2 heterocycles. The number of hydrogen-bond donors (Lipinski definition) is 3. The fraction of sp³-hybridized carbons (Fsp3) is 0.207. The smallest absolute Gasteiger partial charge is 0.253 e. The highest BCUT2D eigenvalue weighted by Crippen LogP contribution is 2.33. The van der Waals surface area contributed by atoms with E-state index in [0.29, 0.717) is 16.3 Å². The van der Waals surface area contributed by atoms with Crippen LogP contribution in [0.3, 0.4) is 0 Å². The highest BCUT2D eigenvalue weighted by atomic mass is 32.1. The molecule has 0 spiro atoms. The molecule has 0 aliphatic heterocycles. The molecule has 0 saturated carbocycles. The first-order valence-corrected chi connectivity index (χ1v) is 12.8. The SMILES string of the molecule is CC(NC(=O)c1c[nH]c2ccc(-c3ccc4nc(NC(=O)C(C)(C)C)sc4c3)cc12)c1cccc(F)c1. The van der Waals surface area contributed by atoms with Gasteiger partial charge in [0.2, 0.25) is 5.91 Å². The van der Waals surface area contributed by atoms with Gasteiger partial charge in [-0.3, -0.25) is 9.59 Å². The first kappa shape index (κ1) is 24.6. The molecule has 1 unspecified atom stereocenters. The van der Waals surface area contributed by atoms with Crippen molar-refractivity contribution in [1.29, 1.82) is 0 Å². The highest BCUT2D eigenvalue weighted by Gasteiger charge is 2.22. The predicted molar refractivity (Wildman–Crippen MR) is 147 cm³/mol. The number of nitrogens with zero attached hydrogens (tertiary/aromatic N) is 1. The lowest BCUT2D eigenvalue weighted by Gasteiger charge is -2.15. The number of halogens is 1. The first-order valence-electron chi connectivity index (χ1n) is 12.0. The number of carbonyl (C=O) groups excluding carboxylic acids is 2. The Bertz CT molecular complexity index is 1650. The van der Waals surface area contributed by atoms with Crippen molar-refractivity contribution in [2.24, 2.45) is 5.41 Å². The van der Waals surface area contributed by atoms with Crippen molar-refractivity contribution < 1.29 is 14.0 Å². The van der Waals surface area contributed by atoms with Gasteiger partial charge in [0.05, 0.1) is 21.8 Å². The van der Waals surface area contributed by atoms with Gasteiger partial charge >= 0.3 is 0 Å². The van der Waals surface area contributed by atoms with Crippen LogP contribution in [-0.4, -0.2) is 21.8 Å². The summed E-state index contributed by atoms with van der Waals surface area (Å²) in [5.74, 6) is -0.656. The van der Waals surface area contributed by atoms with Gasteiger partial charge in [0.25, 0.3) is 5.91 Å². The Morgan fingerprint density at radius 3 is 2.54 bits per heavy atom. The third kappa shape index (κ3) is 5.11. The van der Waals surface area contributed by atoms with Crippen LogP contribution < -0.4 is 10.6 Å². The highest BCUT2D eigenvalue weighted by molar-refractivity contribution is 7.22. The van der Waals surface area contributed by atoms with Crippen LogP contribution in [0.15, 0.2) is 66.9 Å². The molecule has 0 aliphatic carbocycles. The number of anilines is 1. The number of carbonyl (C=O) groups is 2. The monoisotopic (exact) mass is 514 g/mol. The number of H-pyrrole nitrogens is 1. The minimum absolute atomic E-state index is 0.0813. The second-order valence-electron chi connectivity index (χ2n) is 10.1. The molecule has 3 aromatic carbocycles. The van der Waals surface area contributed by atoms with Gasteiger partial charge in [-0.25, -0.2) is 9.37 Å². The van der Waals surface area contributed by atoms with Crippen LogP contribution in [0, 0.1) is 11.2 Å². The molecular formula is C29H27FN4O2S. The van der Waals surface area contributed by atoms with Crippen molar-refractivity contribution >= 4 is 49.4 Å². The molecule has 0 bridgehead atoms. The number of aromatic nitrogens is 2. The predicted octanol–water partition coefficient (Wildman–Crippen LogP) is 7.06. The Labute approximate surface area is 217 Å². The van der Waals surface area contributed by atoms with Crippen molar-refractivity contribution in [2.75, 3.05) is 5.32 Å². The minimum atomic E-state index is -0.506. The van der Waals surface area contributed by atoms with E-state index in [4.69, 9.17) is 0 Å². The lowest BCUT2D eigenvalue weighted by atomic mass is 9.96. The average molecular weight is 515 g/mol. The van der Waals surface area contributed by atoms with E-state index in [1.807, 2.05) is 64.1 Å². The fourth-order valence-electron chi connectivity index (χ4n) is 4.06. The second kappa shape index (κ2) is 9.44. The molecule has 5 aromatic rings. The summed E-state index contributed by atoms with van der Waals surface area (Å²) in [7, 11) is 0. The Hall–Kier alpha value is -4.04. The summed E-state index contributed by atoms with van der Waals surface area (Å²) in [6.07, 6.45) is 1.69.